The molecule has 3 fully saturated rings. The van der Waals surface area contributed by atoms with Crippen LogP contribution in [0, 0.1) is 11.8 Å². The molecule has 3 heterocycles. The van der Waals surface area contributed by atoms with Gasteiger partial charge in [-0.2, -0.15) is 13.9 Å². The highest BCUT2D eigenvalue weighted by Gasteiger charge is 2.53. The molecule has 0 bridgehead atoms. The van der Waals surface area contributed by atoms with Crippen molar-refractivity contribution in [1.29, 1.82) is 0 Å². The Morgan fingerprint density at radius 3 is 2.24 bits per heavy atom. The number of rotatable bonds is 5. The van der Waals surface area contributed by atoms with Crippen molar-refractivity contribution in [2.45, 2.75) is 79.0 Å². The van der Waals surface area contributed by atoms with Gasteiger partial charge in [-0.15, -0.1) is 0 Å². The number of nitrogens with two attached hydrogens (primary N) is 1. The van der Waals surface area contributed by atoms with Crippen molar-refractivity contribution in [3.05, 3.63) is 24.5 Å². The number of likely N-dealkylation sites (tertiary alicyclic amines) is 1. The molecular formula is C24H37F4N5O. The highest BCUT2D eigenvalue weighted by Crippen LogP contribution is 2.54. The van der Waals surface area contributed by atoms with Crippen LogP contribution in [0.25, 0.3) is 11.3 Å². The molecule has 2 aromatic rings. The second-order valence-electron chi connectivity index (χ2n) is 8.90. The molecule has 5 rings (SSSR count). The number of anilines is 1. The molecule has 1 saturated heterocycles. The van der Waals surface area contributed by atoms with Gasteiger partial charge in [0.05, 0.1) is 18.8 Å². The first kappa shape index (κ1) is 27.9. The highest BCUT2D eigenvalue weighted by molar-refractivity contribution is 5.63. The Balaban J connectivity index is 0.000000233. The fourth-order valence-corrected chi connectivity index (χ4v) is 4.35. The molecule has 2 N–H and O–H groups in total. The number of nitrogen functional groups attached to an aromatic ring is 1. The van der Waals surface area contributed by atoms with Gasteiger partial charge in [-0.25, -0.2) is 13.8 Å². The van der Waals surface area contributed by atoms with E-state index >= 15 is 0 Å². The summed E-state index contributed by atoms with van der Waals surface area (Å²) in [5.74, 6) is -0.778. The zero-order valence-electron chi connectivity index (χ0n) is 19.5. The maximum absolute atomic E-state index is 12.5. The molecule has 6 nitrogen and oxygen atoms in total. The minimum Gasteiger partial charge on any atom is -0.431 e. The normalized spacial score (nSPS) is 24.1. The summed E-state index contributed by atoms with van der Waals surface area (Å²) < 4.78 is 55.5. The van der Waals surface area contributed by atoms with Crippen LogP contribution in [0.15, 0.2) is 24.5 Å². The molecule has 0 amide bonds. The van der Waals surface area contributed by atoms with E-state index in [0.717, 1.165) is 11.8 Å². The van der Waals surface area contributed by atoms with Gasteiger partial charge in [0.2, 0.25) is 0 Å². The number of nitrogens with zero attached hydrogens (tertiary/aromatic N) is 4. The lowest BCUT2D eigenvalue weighted by Crippen LogP contribution is -2.59. The molecule has 34 heavy (non-hydrogen) atoms. The number of hydrogen-bond donors (Lipinski definition) is 1. The molecule has 10 heteroatoms. The smallest absolute Gasteiger partial charge is 0.387 e. The summed E-state index contributed by atoms with van der Waals surface area (Å²) in [5.41, 5.74) is 6.67. The van der Waals surface area contributed by atoms with E-state index in [2.05, 4.69) is 14.8 Å². The molecule has 2 saturated carbocycles. The third-order valence-electron chi connectivity index (χ3n) is 6.13. The van der Waals surface area contributed by atoms with Gasteiger partial charge in [0.1, 0.15) is 0 Å². The van der Waals surface area contributed by atoms with Gasteiger partial charge < -0.3 is 10.5 Å². The third-order valence-corrected chi connectivity index (χ3v) is 6.13. The topological polar surface area (TPSA) is 69.2 Å². The fraction of sp³-hybridized carbons (Fsp3) is 0.667. The molecule has 0 aromatic carbocycles. The van der Waals surface area contributed by atoms with Gasteiger partial charge >= 0.3 is 6.61 Å². The van der Waals surface area contributed by atoms with Crippen LogP contribution in [0.4, 0.5) is 23.4 Å². The maximum atomic E-state index is 12.5. The van der Waals surface area contributed by atoms with Crippen LogP contribution in [0.2, 0.25) is 0 Å². The van der Waals surface area contributed by atoms with E-state index in [1.165, 1.54) is 31.5 Å². The summed E-state index contributed by atoms with van der Waals surface area (Å²) >= 11 is 0. The molecule has 192 valence electrons. The molecule has 3 atom stereocenters. The predicted molar refractivity (Wildman–Crippen MR) is 126 cm³/mol. The first-order valence-corrected chi connectivity index (χ1v) is 11.5. The number of ether oxygens (including phenoxy) is 1. The van der Waals surface area contributed by atoms with Gasteiger partial charge in [0.25, 0.3) is 5.92 Å². The van der Waals surface area contributed by atoms with E-state index in [-0.39, 0.29) is 38.1 Å². The van der Waals surface area contributed by atoms with Gasteiger partial charge in [-0.05, 0) is 57.1 Å². The highest BCUT2D eigenvalue weighted by atomic mass is 19.3. The maximum Gasteiger partial charge on any atom is 0.387 e. The van der Waals surface area contributed by atoms with E-state index in [4.69, 9.17) is 5.73 Å². The lowest BCUT2D eigenvalue weighted by atomic mass is 10.0. The standard InChI is InChI=1S/C12H14F2N4O.C9H13F2N.C2H6.CH4/c1-7(2)18-4-3-9(17-18)8-5-10(19-12(13)14)11(15)16-6-8;10-9(11)4-12(5-9)8-2-6-1-7(6)3-8;1-2;/h3-7,12H,1-2H3,(H2,15,16);6-8H,1-5H2;1-2H3;1H4/t;6-,7?,8?;;/m.1../s1. The van der Waals surface area contributed by atoms with Crippen molar-refractivity contribution >= 4 is 5.82 Å². The van der Waals surface area contributed by atoms with Gasteiger partial charge in [-0.3, -0.25) is 9.58 Å². The minimum absolute atomic E-state index is 0. The van der Waals surface area contributed by atoms with Crippen LogP contribution in [0.1, 0.15) is 60.4 Å². The Labute approximate surface area is 199 Å². The van der Waals surface area contributed by atoms with E-state index in [1.54, 1.807) is 10.7 Å². The zero-order valence-corrected chi connectivity index (χ0v) is 19.5. The van der Waals surface area contributed by atoms with E-state index in [9.17, 15) is 17.6 Å². The van der Waals surface area contributed by atoms with Crippen LogP contribution in [-0.4, -0.2) is 51.3 Å². The van der Waals surface area contributed by atoms with Gasteiger partial charge in [-0.1, -0.05) is 21.3 Å². The van der Waals surface area contributed by atoms with E-state index in [1.807, 2.05) is 38.8 Å². The number of alkyl halides is 4. The number of halogens is 4. The van der Waals surface area contributed by atoms with E-state index in [0.29, 0.717) is 17.3 Å². The molecule has 0 spiro atoms. The summed E-state index contributed by atoms with van der Waals surface area (Å²) in [6.07, 6.45) is 7.05. The van der Waals surface area contributed by atoms with Crippen molar-refractivity contribution in [1.82, 2.24) is 19.7 Å². The molecule has 2 aromatic heterocycles. The molecule has 0 radical (unpaired) electrons. The van der Waals surface area contributed by atoms with E-state index < -0.39 is 12.5 Å². The number of fused-ring (bicyclic) bond motifs is 1. The summed E-state index contributed by atoms with van der Waals surface area (Å²) in [5, 5.41) is 4.32. The molecule has 2 aliphatic carbocycles. The van der Waals surface area contributed by atoms with Crippen molar-refractivity contribution in [2.75, 3.05) is 18.8 Å². The summed E-state index contributed by atoms with van der Waals surface area (Å²) in [6, 6.07) is 3.90. The first-order valence-electron chi connectivity index (χ1n) is 11.5. The van der Waals surface area contributed by atoms with Crippen molar-refractivity contribution < 1.29 is 22.3 Å². The van der Waals surface area contributed by atoms with Crippen LogP contribution in [-0.2, 0) is 0 Å². The second kappa shape index (κ2) is 11.4. The average Bonchev–Trinajstić information content (AvgIpc) is 3.15. The summed E-state index contributed by atoms with van der Waals surface area (Å²) in [4.78, 5) is 5.80. The Kier molecular flexibility index (Phi) is 9.33. The monoisotopic (exact) mass is 487 g/mol. The lowest BCUT2D eigenvalue weighted by Gasteiger charge is -2.43. The number of pyridine rings is 1. The average molecular weight is 488 g/mol. The van der Waals surface area contributed by atoms with Crippen LogP contribution >= 0.6 is 0 Å². The first-order chi connectivity index (χ1) is 15.6. The van der Waals surface area contributed by atoms with Crippen molar-refractivity contribution in [3.63, 3.8) is 0 Å². The predicted octanol–water partition coefficient (Wildman–Crippen LogP) is 6.11. The third kappa shape index (κ3) is 6.84. The Morgan fingerprint density at radius 1 is 1.12 bits per heavy atom. The number of aromatic nitrogens is 3. The fourth-order valence-electron chi connectivity index (χ4n) is 4.35. The second-order valence-corrected chi connectivity index (χ2v) is 8.90. The Hall–Kier alpha value is -2.36. The van der Waals surface area contributed by atoms with Crippen LogP contribution in [0.3, 0.4) is 0 Å². The van der Waals surface area contributed by atoms with Crippen LogP contribution in [0.5, 0.6) is 5.75 Å². The molecule has 3 aliphatic rings. The molecule has 2 unspecified atom stereocenters. The zero-order chi connectivity index (χ0) is 24.3. The number of hydrogen-bond acceptors (Lipinski definition) is 5. The Bertz CT molecular complexity index is 903. The lowest BCUT2D eigenvalue weighted by molar-refractivity contribution is -0.146. The SMILES string of the molecule is C.CC.CC(C)n1ccc(-c2cnc(N)c(OC(F)F)c2)n1.FC1(F)CN(C2CC3C[C@@H]3C2)C1. The van der Waals surface area contributed by atoms with Crippen molar-refractivity contribution in [2.24, 2.45) is 11.8 Å². The van der Waals surface area contributed by atoms with Crippen molar-refractivity contribution in [3.8, 4) is 17.0 Å². The summed E-state index contributed by atoms with van der Waals surface area (Å²) in [7, 11) is 0. The summed E-state index contributed by atoms with van der Waals surface area (Å²) in [6.45, 7) is 5.09. The molecule has 1 aliphatic heterocycles. The quantitative estimate of drug-likeness (QED) is 0.516. The minimum atomic E-state index is -2.94. The van der Waals surface area contributed by atoms with Gasteiger partial charge in [0.15, 0.2) is 11.6 Å². The van der Waals surface area contributed by atoms with Gasteiger partial charge in [0, 0.05) is 30.0 Å². The molecular weight excluding hydrogens is 450 g/mol. The Morgan fingerprint density at radius 2 is 1.74 bits per heavy atom. The largest absolute Gasteiger partial charge is 0.431 e. The van der Waals surface area contributed by atoms with Crippen LogP contribution < -0.4 is 10.5 Å².